The number of H-pyrrole nitrogens is 1. The van der Waals surface area contributed by atoms with Gasteiger partial charge < -0.3 is 4.98 Å². The topological polar surface area (TPSA) is 45.8 Å². The summed E-state index contributed by atoms with van der Waals surface area (Å²) in [6, 6.07) is 4.43. The van der Waals surface area contributed by atoms with Crippen LogP contribution in [0.1, 0.15) is 11.1 Å². The molecule has 3 nitrogen and oxygen atoms in total. The molecular weight excluding hydrogens is 207 g/mol. The number of nitrogens with one attached hydrogen (secondary N) is 1. The van der Waals surface area contributed by atoms with Crippen LogP contribution in [0.2, 0.25) is 0 Å². The maximum absolute atomic E-state index is 13.0. The van der Waals surface area contributed by atoms with Crippen molar-refractivity contribution in [1.82, 2.24) is 9.97 Å². The first-order valence-electron chi connectivity index (χ1n) is 4.90. The van der Waals surface area contributed by atoms with E-state index in [-0.39, 0.29) is 11.4 Å². The largest absolute Gasteiger partial charge is 0.313 e. The number of aromatic amines is 1. The lowest BCUT2D eigenvalue weighted by Crippen LogP contribution is -2.11. The highest BCUT2D eigenvalue weighted by Crippen LogP contribution is 2.22. The molecule has 0 spiro atoms. The highest BCUT2D eigenvalue weighted by atomic mass is 19.1. The second-order valence-corrected chi connectivity index (χ2v) is 3.66. The minimum atomic E-state index is -0.288. The minimum absolute atomic E-state index is 0.172. The summed E-state index contributed by atoms with van der Waals surface area (Å²) < 4.78 is 13.0. The van der Waals surface area contributed by atoms with Gasteiger partial charge in [-0.2, -0.15) is 0 Å². The normalized spacial score (nSPS) is 10.4. The van der Waals surface area contributed by atoms with Gasteiger partial charge in [-0.05, 0) is 37.6 Å². The van der Waals surface area contributed by atoms with E-state index in [4.69, 9.17) is 0 Å². The van der Waals surface area contributed by atoms with Crippen LogP contribution in [-0.2, 0) is 0 Å². The second kappa shape index (κ2) is 3.89. The first kappa shape index (κ1) is 10.5. The predicted octanol–water partition coefficient (Wildman–Crippen LogP) is 2.19. The third kappa shape index (κ3) is 1.74. The first-order chi connectivity index (χ1) is 7.59. The number of aryl methyl sites for hydroxylation is 1. The van der Waals surface area contributed by atoms with E-state index < -0.39 is 0 Å². The Morgan fingerprint density at radius 1 is 1.31 bits per heavy atom. The fourth-order valence-electron chi connectivity index (χ4n) is 1.63. The summed E-state index contributed by atoms with van der Waals surface area (Å²) in [5.41, 5.74) is 2.51. The number of benzene rings is 1. The van der Waals surface area contributed by atoms with Crippen LogP contribution in [0.15, 0.2) is 29.3 Å². The smallest absolute Gasteiger partial charge is 0.254 e. The molecule has 82 valence electrons. The van der Waals surface area contributed by atoms with Crippen LogP contribution >= 0.6 is 0 Å². The molecule has 2 rings (SSSR count). The van der Waals surface area contributed by atoms with Crippen molar-refractivity contribution in [3.63, 3.8) is 0 Å². The summed E-state index contributed by atoms with van der Waals surface area (Å²) in [4.78, 5) is 18.0. The lowest BCUT2D eigenvalue weighted by molar-refractivity contribution is 0.627. The monoisotopic (exact) mass is 218 g/mol. The van der Waals surface area contributed by atoms with Crippen LogP contribution in [0, 0.1) is 19.7 Å². The molecule has 0 radical (unpaired) electrons. The average molecular weight is 218 g/mol. The maximum atomic E-state index is 13.0. The first-order valence-corrected chi connectivity index (χ1v) is 4.90. The number of aromatic nitrogens is 2. The third-order valence-corrected chi connectivity index (χ3v) is 2.53. The van der Waals surface area contributed by atoms with E-state index in [1.54, 1.807) is 19.9 Å². The summed E-state index contributed by atoms with van der Waals surface area (Å²) in [5.74, 6) is -0.288. The van der Waals surface area contributed by atoms with Gasteiger partial charge in [0.1, 0.15) is 5.82 Å². The third-order valence-electron chi connectivity index (χ3n) is 2.53. The molecule has 0 amide bonds. The molecule has 0 saturated carbocycles. The lowest BCUT2D eigenvalue weighted by Gasteiger charge is -2.06. The molecule has 0 fully saturated rings. The molecule has 4 heteroatoms. The van der Waals surface area contributed by atoms with E-state index in [0.29, 0.717) is 11.3 Å². The van der Waals surface area contributed by atoms with E-state index in [2.05, 4.69) is 9.97 Å². The van der Waals surface area contributed by atoms with Gasteiger partial charge in [-0.15, -0.1) is 0 Å². The van der Waals surface area contributed by atoms with Gasteiger partial charge in [-0.25, -0.2) is 9.37 Å². The average Bonchev–Trinajstić information content (AvgIpc) is 2.23. The van der Waals surface area contributed by atoms with Crippen molar-refractivity contribution in [3.05, 3.63) is 51.8 Å². The van der Waals surface area contributed by atoms with Gasteiger partial charge in [0.15, 0.2) is 0 Å². The molecule has 1 heterocycles. The van der Waals surface area contributed by atoms with Gasteiger partial charge in [0, 0.05) is 11.1 Å². The van der Waals surface area contributed by atoms with Crippen molar-refractivity contribution >= 4 is 0 Å². The second-order valence-electron chi connectivity index (χ2n) is 3.66. The minimum Gasteiger partial charge on any atom is -0.313 e. The van der Waals surface area contributed by atoms with Crippen molar-refractivity contribution in [2.45, 2.75) is 13.8 Å². The number of rotatable bonds is 1. The fraction of sp³-hybridized carbons (Fsp3) is 0.167. The van der Waals surface area contributed by atoms with Gasteiger partial charge in [-0.1, -0.05) is 0 Å². The summed E-state index contributed by atoms with van der Waals surface area (Å²) in [7, 11) is 0. The molecule has 16 heavy (non-hydrogen) atoms. The summed E-state index contributed by atoms with van der Waals surface area (Å²) >= 11 is 0. The fourth-order valence-corrected chi connectivity index (χ4v) is 1.63. The Kier molecular flexibility index (Phi) is 2.56. The molecular formula is C12H11FN2O. The standard InChI is InChI=1S/C12H11FN2O/c1-7-5-9(13)3-4-10(7)11-8(2)12(16)15-6-14-11/h3-6H,1-2H3,(H,14,15,16). The number of nitrogens with zero attached hydrogens (tertiary/aromatic N) is 1. The zero-order valence-corrected chi connectivity index (χ0v) is 9.04. The molecule has 0 aliphatic rings. The van der Waals surface area contributed by atoms with Crippen LogP contribution < -0.4 is 5.56 Å². The molecule has 0 bridgehead atoms. The van der Waals surface area contributed by atoms with Crippen LogP contribution in [0.25, 0.3) is 11.3 Å². The predicted molar refractivity (Wildman–Crippen MR) is 59.7 cm³/mol. The molecule has 1 aromatic carbocycles. The molecule has 0 aliphatic heterocycles. The van der Waals surface area contributed by atoms with E-state index in [1.165, 1.54) is 18.5 Å². The molecule has 0 saturated heterocycles. The van der Waals surface area contributed by atoms with E-state index in [9.17, 15) is 9.18 Å². The van der Waals surface area contributed by atoms with Crippen molar-refractivity contribution < 1.29 is 4.39 Å². The molecule has 1 N–H and O–H groups in total. The van der Waals surface area contributed by atoms with Crippen molar-refractivity contribution in [2.24, 2.45) is 0 Å². The van der Waals surface area contributed by atoms with Gasteiger partial charge in [0.2, 0.25) is 0 Å². The Bertz CT molecular complexity index is 590. The van der Waals surface area contributed by atoms with E-state index in [1.807, 2.05) is 0 Å². The maximum Gasteiger partial charge on any atom is 0.254 e. The van der Waals surface area contributed by atoms with Crippen molar-refractivity contribution in [3.8, 4) is 11.3 Å². The van der Waals surface area contributed by atoms with Gasteiger partial charge in [0.25, 0.3) is 5.56 Å². The highest BCUT2D eigenvalue weighted by molar-refractivity contribution is 5.65. The summed E-state index contributed by atoms with van der Waals surface area (Å²) in [6.45, 7) is 3.49. The molecule has 0 atom stereocenters. The van der Waals surface area contributed by atoms with Crippen LogP contribution in [0.3, 0.4) is 0 Å². The van der Waals surface area contributed by atoms with Crippen LogP contribution in [0.5, 0.6) is 0 Å². The molecule has 0 unspecified atom stereocenters. The lowest BCUT2D eigenvalue weighted by atomic mass is 10.0. The Morgan fingerprint density at radius 2 is 2.06 bits per heavy atom. The van der Waals surface area contributed by atoms with E-state index >= 15 is 0 Å². The van der Waals surface area contributed by atoms with Crippen molar-refractivity contribution in [2.75, 3.05) is 0 Å². The van der Waals surface area contributed by atoms with Crippen LogP contribution in [-0.4, -0.2) is 9.97 Å². The number of halogens is 1. The van der Waals surface area contributed by atoms with Gasteiger partial charge >= 0.3 is 0 Å². The SMILES string of the molecule is Cc1cc(F)ccc1-c1nc[nH]c(=O)c1C. The Labute approximate surface area is 92.0 Å². The molecule has 1 aromatic heterocycles. The summed E-state index contributed by atoms with van der Waals surface area (Å²) in [5, 5.41) is 0. The van der Waals surface area contributed by atoms with Gasteiger partial charge in [-0.3, -0.25) is 4.79 Å². The van der Waals surface area contributed by atoms with E-state index in [0.717, 1.165) is 11.1 Å². The Morgan fingerprint density at radius 3 is 2.75 bits per heavy atom. The number of hydrogen-bond acceptors (Lipinski definition) is 2. The highest BCUT2D eigenvalue weighted by Gasteiger charge is 2.09. The Hall–Kier alpha value is -1.97. The van der Waals surface area contributed by atoms with Crippen molar-refractivity contribution in [1.29, 1.82) is 0 Å². The molecule has 0 aliphatic carbocycles. The van der Waals surface area contributed by atoms with Gasteiger partial charge in [0.05, 0.1) is 12.0 Å². The zero-order valence-electron chi connectivity index (χ0n) is 9.04. The zero-order chi connectivity index (χ0) is 11.7. The molecule has 2 aromatic rings. The number of hydrogen-bond donors (Lipinski definition) is 1. The quantitative estimate of drug-likeness (QED) is 0.797. The van der Waals surface area contributed by atoms with Crippen LogP contribution in [0.4, 0.5) is 4.39 Å². The Balaban J connectivity index is 2.68. The summed E-state index contributed by atoms with van der Waals surface area (Å²) in [6.07, 6.45) is 1.35.